The summed E-state index contributed by atoms with van der Waals surface area (Å²) < 4.78 is 11.2. The average molecular weight is 333 g/mol. The van der Waals surface area contributed by atoms with E-state index in [0.29, 0.717) is 24.1 Å². The van der Waals surface area contributed by atoms with Crippen LogP contribution in [0.2, 0.25) is 0 Å². The van der Waals surface area contributed by atoms with Crippen LogP contribution in [-0.2, 0) is 0 Å². The van der Waals surface area contributed by atoms with E-state index in [4.69, 9.17) is 9.47 Å². The minimum atomic E-state index is -0.489. The summed E-state index contributed by atoms with van der Waals surface area (Å²) in [5, 5.41) is 10.4. The molecule has 4 nitrogen and oxygen atoms in total. The Morgan fingerprint density at radius 2 is 2.17 bits per heavy atom. The number of rotatable bonds is 8. The van der Waals surface area contributed by atoms with Gasteiger partial charge in [-0.2, -0.15) is 0 Å². The molecule has 4 heteroatoms. The SMILES string of the molecule is C/C=C/c1ccc(OC[C@H](O)CN2CCCC[C@@H]2CC)c(OC)c1. The van der Waals surface area contributed by atoms with E-state index in [0.717, 1.165) is 18.5 Å². The summed E-state index contributed by atoms with van der Waals surface area (Å²) in [4.78, 5) is 2.41. The topological polar surface area (TPSA) is 41.9 Å². The van der Waals surface area contributed by atoms with Gasteiger partial charge in [0.15, 0.2) is 11.5 Å². The van der Waals surface area contributed by atoms with E-state index in [1.165, 1.54) is 19.3 Å². The number of likely N-dealkylation sites (tertiary alicyclic amines) is 1. The summed E-state index contributed by atoms with van der Waals surface area (Å²) in [6, 6.07) is 6.43. The first-order valence-electron chi connectivity index (χ1n) is 9.03. The van der Waals surface area contributed by atoms with Gasteiger partial charge in [-0.05, 0) is 50.4 Å². The summed E-state index contributed by atoms with van der Waals surface area (Å²) in [5.41, 5.74) is 1.07. The number of ether oxygens (including phenoxy) is 2. The van der Waals surface area contributed by atoms with Gasteiger partial charge in [0, 0.05) is 12.6 Å². The third-order valence-electron chi connectivity index (χ3n) is 4.64. The van der Waals surface area contributed by atoms with Crippen molar-refractivity contribution in [3.8, 4) is 11.5 Å². The standard InChI is InChI=1S/C20H31NO3/c1-4-8-16-10-11-19(20(13-16)23-3)24-15-18(22)14-21-12-7-6-9-17(21)5-2/h4,8,10-11,13,17-18,22H,5-7,9,12,14-15H2,1-3H3/b8-4+/t17-,18+/m0/s1. The van der Waals surface area contributed by atoms with Gasteiger partial charge in [-0.3, -0.25) is 4.90 Å². The molecule has 1 heterocycles. The minimum absolute atomic E-state index is 0.284. The largest absolute Gasteiger partial charge is 0.493 e. The van der Waals surface area contributed by atoms with Crippen molar-refractivity contribution in [2.75, 3.05) is 26.8 Å². The zero-order chi connectivity index (χ0) is 17.4. The van der Waals surface area contributed by atoms with Gasteiger partial charge in [-0.25, -0.2) is 0 Å². The monoisotopic (exact) mass is 333 g/mol. The quantitative estimate of drug-likeness (QED) is 0.787. The van der Waals surface area contributed by atoms with Crippen LogP contribution < -0.4 is 9.47 Å². The number of allylic oxidation sites excluding steroid dienone is 1. The Morgan fingerprint density at radius 3 is 2.88 bits per heavy atom. The van der Waals surface area contributed by atoms with Crippen LogP contribution in [-0.4, -0.2) is 49.0 Å². The van der Waals surface area contributed by atoms with Crippen LogP contribution in [0.15, 0.2) is 24.3 Å². The number of aliphatic hydroxyl groups is 1. The van der Waals surface area contributed by atoms with Crippen molar-refractivity contribution in [1.29, 1.82) is 0 Å². The lowest BCUT2D eigenvalue weighted by Gasteiger charge is -2.36. The maximum atomic E-state index is 10.4. The Bertz CT molecular complexity index is 530. The van der Waals surface area contributed by atoms with E-state index in [2.05, 4.69) is 11.8 Å². The Hall–Kier alpha value is -1.52. The molecule has 0 aliphatic carbocycles. The third kappa shape index (κ3) is 5.25. The zero-order valence-corrected chi connectivity index (χ0v) is 15.2. The maximum absolute atomic E-state index is 10.4. The molecule has 0 unspecified atom stereocenters. The molecule has 0 spiro atoms. The molecule has 2 rings (SSSR count). The van der Waals surface area contributed by atoms with E-state index in [1.807, 2.05) is 37.3 Å². The Kier molecular flexibility index (Phi) is 7.60. The van der Waals surface area contributed by atoms with Crippen molar-refractivity contribution in [3.63, 3.8) is 0 Å². The lowest BCUT2D eigenvalue weighted by Crippen LogP contribution is -2.44. The Labute approximate surface area is 146 Å². The Morgan fingerprint density at radius 1 is 1.33 bits per heavy atom. The molecule has 1 saturated heterocycles. The highest BCUT2D eigenvalue weighted by Crippen LogP contribution is 2.29. The maximum Gasteiger partial charge on any atom is 0.161 e. The molecule has 1 aliphatic heterocycles. The average Bonchev–Trinajstić information content (AvgIpc) is 2.61. The lowest BCUT2D eigenvalue weighted by molar-refractivity contribution is 0.0382. The minimum Gasteiger partial charge on any atom is -0.493 e. The van der Waals surface area contributed by atoms with E-state index < -0.39 is 6.10 Å². The van der Waals surface area contributed by atoms with E-state index >= 15 is 0 Å². The molecule has 134 valence electrons. The van der Waals surface area contributed by atoms with Crippen LogP contribution in [0, 0.1) is 0 Å². The van der Waals surface area contributed by atoms with Gasteiger partial charge in [0.1, 0.15) is 12.7 Å². The molecule has 1 aliphatic rings. The highest BCUT2D eigenvalue weighted by Gasteiger charge is 2.23. The summed E-state index contributed by atoms with van der Waals surface area (Å²) >= 11 is 0. The number of β-amino-alcohol motifs (C(OH)–C–C–N with tert-alkyl or cyclic N) is 1. The van der Waals surface area contributed by atoms with Gasteiger partial charge in [-0.15, -0.1) is 0 Å². The highest BCUT2D eigenvalue weighted by molar-refractivity contribution is 5.55. The van der Waals surface area contributed by atoms with Gasteiger partial charge in [-0.1, -0.05) is 31.6 Å². The highest BCUT2D eigenvalue weighted by atomic mass is 16.5. The number of hydrogen-bond acceptors (Lipinski definition) is 4. The van der Waals surface area contributed by atoms with Gasteiger partial charge in [0.2, 0.25) is 0 Å². The van der Waals surface area contributed by atoms with Crippen LogP contribution in [0.4, 0.5) is 0 Å². The van der Waals surface area contributed by atoms with Crippen LogP contribution >= 0.6 is 0 Å². The molecule has 2 atom stereocenters. The van der Waals surface area contributed by atoms with Gasteiger partial charge >= 0.3 is 0 Å². The lowest BCUT2D eigenvalue weighted by atomic mass is 10.00. The molecular formula is C20H31NO3. The summed E-state index contributed by atoms with van der Waals surface area (Å²) in [6.45, 7) is 6.25. The van der Waals surface area contributed by atoms with Crippen LogP contribution in [0.5, 0.6) is 11.5 Å². The Balaban J connectivity index is 1.90. The third-order valence-corrected chi connectivity index (χ3v) is 4.64. The van der Waals surface area contributed by atoms with Crippen molar-refractivity contribution < 1.29 is 14.6 Å². The number of benzene rings is 1. The number of nitrogens with zero attached hydrogens (tertiary/aromatic N) is 1. The van der Waals surface area contributed by atoms with Gasteiger partial charge in [0.25, 0.3) is 0 Å². The fourth-order valence-electron chi connectivity index (χ4n) is 3.37. The zero-order valence-electron chi connectivity index (χ0n) is 15.2. The molecule has 1 fully saturated rings. The second-order valence-electron chi connectivity index (χ2n) is 6.43. The molecule has 0 amide bonds. The summed E-state index contributed by atoms with van der Waals surface area (Å²) in [5.74, 6) is 1.37. The summed E-state index contributed by atoms with van der Waals surface area (Å²) in [6.07, 6.45) is 8.43. The smallest absolute Gasteiger partial charge is 0.161 e. The van der Waals surface area contributed by atoms with Gasteiger partial charge < -0.3 is 14.6 Å². The predicted molar refractivity (Wildman–Crippen MR) is 98.7 cm³/mol. The molecule has 24 heavy (non-hydrogen) atoms. The normalized spacial score (nSPS) is 20.2. The fraction of sp³-hybridized carbons (Fsp3) is 0.600. The van der Waals surface area contributed by atoms with Crippen LogP contribution in [0.3, 0.4) is 0 Å². The molecule has 1 aromatic carbocycles. The van der Waals surface area contributed by atoms with Crippen molar-refractivity contribution in [1.82, 2.24) is 4.90 Å². The number of methoxy groups -OCH3 is 1. The number of aliphatic hydroxyl groups excluding tert-OH is 1. The second kappa shape index (κ2) is 9.70. The first-order valence-corrected chi connectivity index (χ1v) is 9.03. The van der Waals surface area contributed by atoms with E-state index in [-0.39, 0.29) is 6.61 Å². The summed E-state index contributed by atoms with van der Waals surface area (Å²) in [7, 11) is 1.64. The molecule has 0 bridgehead atoms. The first-order chi connectivity index (χ1) is 11.7. The second-order valence-corrected chi connectivity index (χ2v) is 6.43. The first kappa shape index (κ1) is 18.8. The van der Waals surface area contributed by atoms with E-state index in [9.17, 15) is 5.11 Å². The molecular weight excluding hydrogens is 302 g/mol. The number of piperidine rings is 1. The predicted octanol–water partition coefficient (Wildman–Crippen LogP) is 3.73. The molecule has 0 saturated carbocycles. The van der Waals surface area contributed by atoms with Gasteiger partial charge in [0.05, 0.1) is 7.11 Å². The molecule has 0 radical (unpaired) electrons. The van der Waals surface area contributed by atoms with Crippen molar-refractivity contribution >= 4 is 6.08 Å². The molecule has 0 aromatic heterocycles. The number of hydrogen-bond donors (Lipinski definition) is 1. The van der Waals surface area contributed by atoms with Crippen molar-refractivity contribution in [2.24, 2.45) is 0 Å². The van der Waals surface area contributed by atoms with Crippen LogP contribution in [0.1, 0.15) is 45.1 Å². The van der Waals surface area contributed by atoms with Crippen LogP contribution in [0.25, 0.3) is 6.08 Å². The van der Waals surface area contributed by atoms with E-state index in [1.54, 1.807) is 7.11 Å². The molecule has 1 N–H and O–H groups in total. The fourth-order valence-corrected chi connectivity index (χ4v) is 3.37. The van der Waals surface area contributed by atoms with Crippen molar-refractivity contribution in [2.45, 2.75) is 51.7 Å². The molecule has 1 aromatic rings. The van der Waals surface area contributed by atoms with Crippen molar-refractivity contribution in [3.05, 3.63) is 29.8 Å².